The van der Waals surface area contributed by atoms with Crippen LogP contribution in [0.1, 0.15) is 73.1 Å². The van der Waals surface area contributed by atoms with Gasteiger partial charge in [-0.05, 0) is 67.0 Å². The number of hydrogen-bond donors (Lipinski definition) is 1. The molecule has 2 nitrogen and oxygen atoms in total. The van der Waals surface area contributed by atoms with Gasteiger partial charge in [-0.3, -0.25) is 0 Å². The second-order valence-electron chi connectivity index (χ2n) is 11.4. The maximum absolute atomic E-state index is 12.8. The highest BCUT2D eigenvalue weighted by Gasteiger charge is 2.54. The van der Waals surface area contributed by atoms with Gasteiger partial charge in [0.05, 0.1) is 0 Å². The molecule has 29 heavy (non-hydrogen) atoms. The van der Waals surface area contributed by atoms with E-state index in [4.69, 9.17) is 4.43 Å². The lowest BCUT2D eigenvalue weighted by atomic mass is 9.61. The Morgan fingerprint density at radius 1 is 1.17 bits per heavy atom. The monoisotopic (exact) mass is 428 g/mol. The molecule has 1 unspecified atom stereocenters. The predicted molar refractivity (Wildman–Crippen MR) is 119 cm³/mol. The van der Waals surface area contributed by atoms with E-state index in [0.717, 1.165) is 12.8 Å². The number of rotatable bonds is 6. The molecule has 0 heterocycles. The van der Waals surface area contributed by atoms with Crippen LogP contribution in [-0.2, 0) is 4.43 Å². The summed E-state index contributed by atoms with van der Waals surface area (Å²) in [5.41, 5.74) is -1.89. The molecule has 5 atom stereocenters. The third-order valence-electron chi connectivity index (χ3n) is 8.26. The molecule has 2 fully saturated rings. The lowest BCUT2D eigenvalue weighted by molar-refractivity contribution is -0.0198. The Labute approximate surface area is 178 Å². The largest absolute Gasteiger partial charge is 0.414 e. The molecule has 2 aliphatic carbocycles. The summed E-state index contributed by atoms with van der Waals surface area (Å²) in [7, 11) is -1.81. The van der Waals surface area contributed by atoms with Gasteiger partial charge in [0, 0.05) is 12.5 Å². The fraction of sp³-hybridized carbons (Fsp3) is 0.917. The first-order chi connectivity index (χ1) is 13.3. The summed E-state index contributed by atoms with van der Waals surface area (Å²) in [5.74, 6) is 6.77. The Balaban J connectivity index is 2.11. The lowest BCUT2D eigenvalue weighted by Gasteiger charge is -2.49. The van der Waals surface area contributed by atoms with Crippen molar-refractivity contribution in [3.63, 3.8) is 0 Å². The summed E-state index contributed by atoms with van der Waals surface area (Å²) >= 11 is 0. The Bertz CT molecular complexity index is 615. The van der Waals surface area contributed by atoms with Gasteiger partial charge >= 0.3 is 0 Å². The highest BCUT2D eigenvalue weighted by molar-refractivity contribution is 6.74. The Morgan fingerprint density at radius 2 is 1.79 bits per heavy atom. The van der Waals surface area contributed by atoms with Gasteiger partial charge in [0.2, 0.25) is 0 Å². The van der Waals surface area contributed by atoms with E-state index >= 15 is 0 Å². The fourth-order valence-corrected chi connectivity index (χ4v) is 6.80. The second-order valence-corrected chi connectivity index (χ2v) is 16.1. The third-order valence-corrected chi connectivity index (χ3v) is 12.8. The first kappa shape index (κ1) is 24.8. The van der Waals surface area contributed by atoms with Gasteiger partial charge in [-0.2, -0.15) is 0 Å². The van der Waals surface area contributed by atoms with Crippen LogP contribution in [0, 0.1) is 35.0 Å². The number of hydrogen-bond acceptors (Lipinski definition) is 2. The van der Waals surface area contributed by atoms with Crippen LogP contribution in [0.15, 0.2) is 0 Å². The van der Waals surface area contributed by atoms with E-state index in [1.807, 2.05) is 0 Å². The normalized spacial score (nSPS) is 31.7. The first-order valence-corrected chi connectivity index (χ1v) is 14.2. The second kappa shape index (κ2) is 8.97. The average Bonchev–Trinajstić information content (AvgIpc) is 2.98. The Morgan fingerprint density at radius 3 is 2.34 bits per heavy atom. The van der Waals surface area contributed by atoms with Crippen molar-refractivity contribution in [1.82, 2.24) is 0 Å². The molecule has 2 saturated carbocycles. The van der Waals surface area contributed by atoms with Crippen molar-refractivity contribution in [3.8, 4) is 11.8 Å². The van der Waals surface area contributed by atoms with Crippen LogP contribution in [0.2, 0.25) is 18.1 Å². The topological polar surface area (TPSA) is 29.5 Å². The summed E-state index contributed by atoms with van der Waals surface area (Å²) in [4.78, 5) is 0. The van der Waals surface area contributed by atoms with Gasteiger partial charge in [-0.1, -0.05) is 52.9 Å². The summed E-state index contributed by atoms with van der Waals surface area (Å²) in [5, 5.41) is 9.93. The minimum atomic E-state index is -2.13. The van der Waals surface area contributed by atoms with Crippen LogP contribution in [0.5, 0.6) is 0 Å². The molecule has 5 heteroatoms. The number of halogens is 2. The molecular weight excluding hydrogens is 386 g/mol. The van der Waals surface area contributed by atoms with Crippen LogP contribution >= 0.6 is 0 Å². The first-order valence-electron chi connectivity index (χ1n) is 11.3. The quantitative estimate of drug-likeness (QED) is 0.398. The van der Waals surface area contributed by atoms with Crippen LogP contribution in [0.25, 0.3) is 0 Å². The van der Waals surface area contributed by atoms with Crippen molar-refractivity contribution < 1.29 is 18.3 Å². The van der Waals surface area contributed by atoms with Gasteiger partial charge in [0.15, 0.2) is 13.9 Å². The molecule has 2 aliphatic rings. The van der Waals surface area contributed by atoms with Gasteiger partial charge < -0.3 is 9.53 Å². The van der Waals surface area contributed by atoms with Crippen molar-refractivity contribution in [2.45, 2.75) is 103 Å². The van der Waals surface area contributed by atoms with E-state index < -0.39 is 27.3 Å². The molecule has 2 rings (SSSR count). The summed E-state index contributed by atoms with van der Waals surface area (Å²) in [6.45, 7) is 13.9. The molecule has 0 aromatic carbocycles. The smallest absolute Gasteiger partial charge is 0.192 e. The summed E-state index contributed by atoms with van der Waals surface area (Å²) in [6.07, 6.45) is 6.85. The molecule has 0 aromatic rings. The predicted octanol–water partition coefficient (Wildman–Crippen LogP) is 6.29. The maximum atomic E-state index is 12.8. The van der Waals surface area contributed by atoms with E-state index in [2.05, 4.69) is 59.6 Å². The van der Waals surface area contributed by atoms with Gasteiger partial charge in [-0.15, -0.1) is 0 Å². The van der Waals surface area contributed by atoms with Crippen molar-refractivity contribution in [3.05, 3.63) is 0 Å². The molecule has 0 amide bonds. The summed E-state index contributed by atoms with van der Waals surface area (Å²) < 4.78 is 32.5. The van der Waals surface area contributed by atoms with Gasteiger partial charge in [-0.25, -0.2) is 8.78 Å². The minimum Gasteiger partial charge on any atom is -0.414 e. The van der Waals surface area contributed by atoms with Crippen molar-refractivity contribution >= 4 is 8.32 Å². The van der Waals surface area contributed by atoms with Gasteiger partial charge in [0.1, 0.15) is 13.3 Å². The van der Waals surface area contributed by atoms with E-state index in [0.29, 0.717) is 30.3 Å². The number of aliphatic hydroxyl groups is 1. The molecule has 0 spiro atoms. The molecule has 0 radical (unpaired) electrons. The van der Waals surface area contributed by atoms with Crippen LogP contribution in [0.4, 0.5) is 8.78 Å². The number of alkyl halides is 2. The molecule has 1 N–H and O–H groups in total. The minimum absolute atomic E-state index is 0.214. The highest BCUT2D eigenvalue weighted by atomic mass is 28.4. The zero-order chi connectivity index (χ0) is 22.1. The zero-order valence-electron chi connectivity index (χ0n) is 19.6. The van der Waals surface area contributed by atoms with Crippen molar-refractivity contribution in [1.29, 1.82) is 0 Å². The van der Waals surface area contributed by atoms with Crippen molar-refractivity contribution in [2.75, 3.05) is 13.3 Å². The maximum Gasteiger partial charge on any atom is 0.192 e. The fourth-order valence-electron chi connectivity index (χ4n) is 5.41. The lowest BCUT2D eigenvalue weighted by Crippen LogP contribution is -2.50. The third kappa shape index (κ3) is 5.25. The van der Waals surface area contributed by atoms with Gasteiger partial charge in [0.25, 0.3) is 0 Å². The van der Waals surface area contributed by atoms with E-state index in [-0.39, 0.29) is 10.5 Å². The highest BCUT2D eigenvalue weighted by Crippen LogP contribution is 2.59. The summed E-state index contributed by atoms with van der Waals surface area (Å²) in [6, 6.07) is 0. The van der Waals surface area contributed by atoms with Crippen LogP contribution < -0.4 is 0 Å². The Hall–Kier alpha value is -0.443. The van der Waals surface area contributed by atoms with E-state index in [1.165, 1.54) is 19.3 Å². The average molecular weight is 429 g/mol. The van der Waals surface area contributed by atoms with E-state index in [9.17, 15) is 13.9 Å². The zero-order valence-corrected chi connectivity index (χ0v) is 20.6. The molecule has 0 saturated heterocycles. The molecule has 0 bridgehead atoms. The standard InChI is InChI=1S/C24H42F2O2Si/c1-18(10-8-15-24(27,16-25)17-26)19-12-13-20-21(11-9-14-23(19,20)5)28-29(6,7)22(2,3)4/h18-21,27H,9-14,16-17H2,1-7H3/t18?,19-,20+,21+,23-/m1/s1. The Kier molecular flexibility index (Phi) is 7.67. The van der Waals surface area contributed by atoms with E-state index in [1.54, 1.807) is 0 Å². The molecule has 0 aliphatic heterocycles. The van der Waals surface area contributed by atoms with Crippen LogP contribution in [0.3, 0.4) is 0 Å². The molecule has 168 valence electrons. The SMILES string of the molecule is CC(CC#CC(O)(CF)CF)[C@H]1CC[C@H]2[C@@H](O[Si](C)(C)C(C)(C)C)CCC[C@]12C. The number of fused-ring (bicyclic) bond motifs is 1. The van der Waals surface area contributed by atoms with Crippen LogP contribution in [-0.4, -0.2) is 38.5 Å². The molecular formula is C24H42F2O2Si. The van der Waals surface area contributed by atoms with Crippen molar-refractivity contribution in [2.24, 2.45) is 23.2 Å². The molecule has 0 aromatic heterocycles.